The highest BCUT2D eigenvalue weighted by Gasteiger charge is 2.28. The summed E-state index contributed by atoms with van der Waals surface area (Å²) in [6.45, 7) is 2.25. The van der Waals surface area contributed by atoms with Crippen LogP contribution in [-0.4, -0.2) is 30.9 Å². The lowest BCUT2D eigenvalue weighted by Crippen LogP contribution is -2.43. The molecule has 1 unspecified atom stereocenters. The van der Waals surface area contributed by atoms with E-state index in [1.807, 2.05) is 36.4 Å². The number of phenols is 1. The lowest BCUT2D eigenvalue weighted by atomic mass is 10.0. The van der Waals surface area contributed by atoms with Crippen LogP contribution in [0, 0.1) is 0 Å². The summed E-state index contributed by atoms with van der Waals surface area (Å²) in [5.41, 5.74) is 1.04. The van der Waals surface area contributed by atoms with E-state index in [2.05, 4.69) is 5.32 Å². The predicted octanol–water partition coefficient (Wildman–Crippen LogP) is 2.50. The number of aromatic hydroxyl groups is 1. The van der Waals surface area contributed by atoms with E-state index in [0.29, 0.717) is 12.4 Å². The van der Waals surface area contributed by atoms with Crippen molar-refractivity contribution >= 4 is 0 Å². The van der Waals surface area contributed by atoms with Gasteiger partial charge in [0.1, 0.15) is 6.10 Å². The maximum Gasteiger partial charge on any atom is 0.162 e. The first kappa shape index (κ1) is 13.9. The van der Waals surface area contributed by atoms with Crippen LogP contribution in [0.15, 0.2) is 54.6 Å². The normalized spacial score (nSPS) is 19.9. The predicted molar refractivity (Wildman–Crippen MR) is 80.5 cm³/mol. The van der Waals surface area contributed by atoms with Crippen molar-refractivity contribution in [1.82, 2.24) is 5.32 Å². The Balaban J connectivity index is 1.87. The first-order valence-electron chi connectivity index (χ1n) is 7.16. The van der Waals surface area contributed by atoms with Gasteiger partial charge in [0.25, 0.3) is 0 Å². The first-order valence-corrected chi connectivity index (χ1v) is 7.16. The molecule has 1 aliphatic rings. The minimum Gasteiger partial charge on any atom is -0.504 e. The van der Waals surface area contributed by atoms with E-state index in [1.165, 1.54) is 0 Å². The highest BCUT2D eigenvalue weighted by molar-refractivity contribution is 5.38. The average molecular weight is 285 g/mol. The fourth-order valence-corrected chi connectivity index (χ4v) is 2.48. The summed E-state index contributed by atoms with van der Waals surface area (Å²) in [6, 6.07) is 17.0. The molecule has 0 spiro atoms. The van der Waals surface area contributed by atoms with Crippen molar-refractivity contribution in [2.24, 2.45) is 0 Å². The molecular weight excluding hydrogens is 266 g/mol. The highest BCUT2D eigenvalue weighted by Crippen LogP contribution is 2.32. The second kappa shape index (κ2) is 6.61. The zero-order valence-corrected chi connectivity index (χ0v) is 11.7. The molecule has 4 heteroatoms. The van der Waals surface area contributed by atoms with Gasteiger partial charge in [0.15, 0.2) is 17.6 Å². The molecule has 0 radical (unpaired) electrons. The van der Waals surface area contributed by atoms with Gasteiger partial charge in [0.05, 0.1) is 6.61 Å². The number of hydrogen-bond donors (Lipinski definition) is 2. The van der Waals surface area contributed by atoms with Crippen LogP contribution in [0.5, 0.6) is 11.5 Å². The summed E-state index contributed by atoms with van der Waals surface area (Å²) < 4.78 is 11.9. The minimum atomic E-state index is -0.257. The number of nitrogens with one attached hydrogen (secondary N) is 1. The largest absolute Gasteiger partial charge is 0.504 e. The molecule has 0 aromatic heterocycles. The molecule has 1 aliphatic heterocycles. The van der Waals surface area contributed by atoms with Crippen molar-refractivity contribution in [3.05, 3.63) is 60.2 Å². The van der Waals surface area contributed by atoms with Crippen molar-refractivity contribution in [1.29, 1.82) is 0 Å². The number of phenolic OH excluding ortho intramolecular Hbond substituents is 1. The Morgan fingerprint density at radius 1 is 1.10 bits per heavy atom. The van der Waals surface area contributed by atoms with Crippen LogP contribution >= 0.6 is 0 Å². The molecule has 3 rings (SSSR count). The third-order valence-electron chi connectivity index (χ3n) is 3.54. The Hall–Kier alpha value is -2.04. The summed E-state index contributed by atoms with van der Waals surface area (Å²) in [6.07, 6.45) is -0.340. The molecular formula is C17H19NO3. The SMILES string of the molecule is Oc1ccccc1OC(c1ccccc1)[C@@H]1CNCCO1. The fraction of sp³-hybridized carbons (Fsp3) is 0.294. The van der Waals surface area contributed by atoms with Crippen molar-refractivity contribution < 1.29 is 14.6 Å². The van der Waals surface area contributed by atoms with E-state index in [4.69, 9.17) is 9.47 Å². The quantitative estimate of drug-likeness (QED) is 0.906. The van der Waals surface area contributed by atoms with E-state index in [-0.39, 0.29) is 18.0 Å². The second-order valence-electron chi connectivity index (χ2n) is 5.03. The van der Waals surface area contributed by atoms with Crippen LogP contribution in [0.25, 0.3) is 0 Å². The summed E-state index contributed by atoms with van der Waals surface area (Å²) in [5.74, 6) is 0.614. The molecule has 2 aromatic rings. The molecule has 0 saturated carbocycles. The third kappa shape index (κ3) is 3.35. The van der Waals surface area contributed by atoms with Crippen molar-refractivity contribution in [2.75, 3.05) is 19.7 Å². The molecule has 1 saturated heterocycles. The van der Waals surface area contributed by atoms with Gasteiger partial charge in [-0.1, -0.05) is 42.5 Å². The Kier molecular flexibility index (Phi) is 4.38. The van der Waals surface area contributed by atoms with E-state index in [1.54, 1.807) is 18.2 Å². The van der Waals surface area contributed by atoms with Gasteiger partial charge in [-0.25, -0.2) is 0 Å². The van der Waals surface area contributed by atoms with Gasteiger partial charge in [-0.3, -0.25) is 0 Å². The van der Waals surface area contributed by atoms with Crippen LogP contribution < -0.4 is 10.1 Å². The van der Waals surface area contributed by atoms with Gasteiger partial charge < -0.3 is 19.9 Å². The zero-order valence-electron chi connectivity index (χ0n) is 11.7. The van der Waals surface area contributed by atoms with Gasteiger partial charge in [-0.05, 0) is 17.7 Å². The molecule has 0 bridgehead atoms. The lowest BCUT2D eigenvalue weighted by molar-refractivity contribution is -0.0438. The van der Waals surface area contributed by atoms with Crippen LogP contribution in [0.1, 0.15) is 11.7 Å². The van der Waals surface area contributed by atoms with Crippen molar-refractivity contribution in [3.8, 4) is 11.5 Å². The van der Waals surface area contributed by atoms with Crippen molar-refractivity contribution in [3.63, 3.8) is 0 Å². The standard InChI is InChI=1S/C17H19NO3/c19-14-8-4-5-9-15(14)21-17(13-6-2-1-3-7-13)16-12-18-10-11-20-16/h1-9,16-19H,10-12H2/t16-,17?/m0/s1. The molecule has 1 heterocycles. The van der Waals surface area contributed by atoms with Crippen LogP contribution in [0.4, 0.5) is 0 Å². The minimum absolute atomic E-state index is 0.0826. The van der Waals surface area contributed by atoms with Crippen LogP contribution in [0.2, 0.25) is 0 Å². The van der Waals surface area contributed by atoms with Gasteiger partial charge in [-0.15, -0.1) is 0 Å². The van der Waals surface area contributed by atoms with E-state index < -0.39 is 0 Å². The molecule has 4 nitrogen and oxygen atoms in total. The number of hydrogen-bond acceptors (Lipinski definition) is 4. The van der Waals surface area contributed by atoms with Crippen molar-refractivity contribution in [2.45, 2.75) is 12.2 Å². The maximum atomic E-state index is 9.92. The molecule has 2 atom stereocenters. The van der Waals surface area contributed by atoms with E-state index >= 15 is 0 Å². The third-order valence-corrected chi connectivity index (χ3v) is 3.54. The molecule has 110 valence electrons. The second-order valence-corrected chi connectivity index (χ2v) is 5.03. The van der Waals surface area contributed by atoms with E-state index in [0.717, 1.165) is 18.7 Å². The molecule has 2 N–H and O–H groups in total. The Bertz CT molecular complexity index is 567. The zero-order chi connectivity index (χ0) is 14.5. The fourth-order valence-electron chi connectivity index (χ4n) is 2.48. The monoisotopic (exact) mass is 285 g/mol. The summed E-state index contributed by atoms with van der Waals surface area (Å²) in [5, 5.41) is 13.2. The summed E-state index contributed by atoms with van der Waals surface area (Å²) >= 11 is 0. The molecule has 0 amide bonds. The maximum absolute atomic E-state index is 9.92. The van der Waals surface area contributed by atoms with Gasteiger partial charge in [0.2, 0.25) is 0 Å². The van der Waals surface area contributed by atoms with Gasteiger partial charge in [0, 0.05) is 13.1 Å². The number of ether oxygens (including phenoxy) is 2. The number of rotatable bonds is 4. The molecule has 0 aliphatic carbocycles. The van der Waals surface area contributed by atoms with Crippen LogP contribution in [0.3, 0.4) is 0 Å². The topological polar surface area (TPSA) is 50.7 Å². The number of benzene rings is 2. The lowest BCUT2D eigenvalue weighted by Gasteiger charge is -2.31. The van der Waals surface area contributed by atoms with Gasteiger partial charge in [-0.2, -0.15) is 0 Å². The summed E-state index contributed by atoms with van der Waals surface area (Å²) in [4.78, 5) is 0. The molecule has 1 fully saturated rings. The Labute approximate surface area is 124 Å². The van der Waals surface area contributed by atoms with Gasteiger partial charge >= 0.3 is 0 Å². The number of morpholine rings is 1. The first-order chi connectivity index (χ1) is 10.3. The highest BCUT2D eigenvalue weighted by atomic mass is 16.5. The van der Waals surface area contributed by atoms with E-state index in [9.17, 15) is 5.11 Å². The summed E-state index contributed by atoms with van der Waals surface area (Å²) in [7, 11) is 0. The molecule has 21 heavy (non-hydrogen) atoms. The average Bonchev–Trinajstić information content (AvgIpc) is 2.56. The Morgan fingerprint density at radius 3 is 2.57 bits per heavy atom. The smallest absolute Gasteiger partial charge is 0.162 e. The van der Waals surface area contributed by atoms with Crippen LogP contribution in [-0.2, 0) is 4.74 Å². The molecule has 2 aromatic carbocycles. The Morgan fingerprint density at radius 2 is 1.86 bits per heavy atom. The number of para-hydroxylation sites is 2.